The van der Waals surface area contributed by atoms with Crippen molar-refractivity contribution < 1.29 is 8.22 Å². The van der Waals surface area contributed by atoms with Crippen LogP contribution in [0.25, 0.3) is 0 Å². The van der Waals surface area contributed by atoms with Gasteiger partial charge in [-0.15, -0.1) is 0 Å². The van der Waals surface area contributed by atoms with Crippen LogP contribution < -0.4 is 5.73 Å². The van der Waals surface area contributed by atoms with Crippen LogP contribution in [0.5, 0.6) is 0 Å². The van der Waals surface area contributed by atoms with Crippen LogP contribution in [0.4, 0.5) is 0 Å². The Morgan fingerprint density at radius 1 is 1.71 bits per heavy atom. The van der Waals surface area contributed by atoms with Crippen molar-refractivity contribution in [1.29, 1.82) is 0 Å². The third-order valence-corrected chi connectivity index (χ3v) is 0.352. The molecule has 0 aromatic heterocycles. The average Bonchev–Trinajstić information content (AvgIpc) is 1.84. The lowest BCUT2D eigenvalue weighted by Crippen LogP contribution is -2.16. The molecule has 0 aromatic carbocycles. The lowest BCUT2D eigenvalue weighted by atomic mass is 10.4. The van der Waals surface area contributed by atoms with Crippen molar-refractivity contribution >= 4 is 0 Å². The van der Waals surface area contributed by atoms with Gasteiger partial charge in [-0.2, -0.15) is 0 Å². The summed E-state index contributed by atoms with van der Waals surface area (Å²) in [6.45, 7) is -5.17. The van der Waals surface area contributed by atoms with Crippen LogP contribution in [0.3, 0.4) is 0 Å². The van der Waals surface area contributed by atoms with Crippen molar-refractivity contribution in [2.75, 3.05) is 27.1 Å². The van der Waals surface area contributed by atoms with E-state index >= 15 is 0 Å². The zero-order chi connectivity index (χ0) is 11.1. The quantitative estimate of drug-likeness (QED) is 0.547. The van der Waals surface area contributed by atoms with Gasteiger partial charge in [0.1, 0.15) is 0 Å². The molecular weight excluding hydrogens is 88.1 g/mol. The summed E-state index contributed by atoms with van der Waals surface area (Å²) in [5.41, 5.74) is 4.93. The van der Waals surface area contributed by atoms with Crippen LogP contribution >= 0.6 is 0 Å². The highest BCUT2D eigenvalue weighted by molar-refractivity contribution is 4.42. The SMILES string of the molecule is [2H]C([2H])(N)C([2H])([2H])C([2H])([2H])N(C)C. The first-order valence-electron chi connectivity index (χ1n) is 4.91. The Morgan fingerprint density at radius 3 is 2.43 bits per heavy atom. The predicted molar refractivity (Wildman–Crippen MR) is 32.2 cm³/mol. The van der Waals surface area contributed by atoms with E-state index in [1.54, 1.807) is 0 Å². The first kappa shape index (κ1) is 1.71. The summed E-state index contributed by atoms with van der Waals surface area (Å²) in [5.74, 6) is 0. The maximum absolute atomic E-state index is 7.34. The fourth-order valence-corrected chi connectivity index (χ4v) is 0.144. The second-order valence-corrected chi connectivity index (χ2v) is 1.28. The van der Waals surface area contributed by atoms with Crippen LogP contribution in [-0.2, 0) is 0 Å². The van der Waals surface area contributed by atoms with E-state index in [1.165, 1.54) is 14.1 Å². The Kier molecular flexibility index (Phi) is 0.997. The molecule has 0 amide bonds. The molecular formula is C5H14N2. The third-order valence-electron chi connectivity index (χ3n) is 0.352. The Bertz CT molecular complexity index is 184. The average molecular weight is 108 g/mol. The normalized spacial score (nSPS) is 29.1. The summed E-state index contributed by atoms with van der Waals surface area (Å²) in [4.78, 5) is 0.956. The van der Waals surface area contributed by atoms with Gasteiger partial charge >= 0.3 is 0 Å². The van der Waals surface area contributed by atoms with Gasteiger partial charge in [-0.25, -0.2) is 0 Å². The number of hydrogen-bond donors (Lipinski definition) is 1. The zero-order valence-electron chi connectivity index (χ0n) is 10.5. The maximum Gasteiger partial charge on any atom is 0.0431 e. The fourth-order valence-electron chi connectivity index (χ4n) is 0.144. The van der Waals surface area contributed by atoms with E-state index in [9.17, 15) is 0 Å². The van der Waals surface area contributed by atoms with Gasteiger partial charge in [0.25, 0.3) is 0 Å². The molecule has 0 bridgehead atoms. The highest BCUT2D eigenvalue weighted by Gasteiger charge is 1.83. The van der Waals surface area contributed by atoms with E-state index < -0.39 is 19.4 Å². The molecule has 0 rings (SSSR count). The Hall–Kier alpha value is -0.0800. The lowest BCUT2D eigenvalue weighted by molar-refractivity contribution is 0.403. The second kappa shape index (κ2) is 4.09. The molecule has 7 heavy (non-hydrogen) atoms. The fraction of sp³-hybridized carbons (Fsp3) is 1.00. The number of rotatable bonds is 3. The molecule has 2 N–H and O–H groups in total. The van der Waals surface area contributed by atoms with Gasteiger partial charge in [0.15, 0.2) is 0 Å². The minimum absolute atomic E-state index is 0.956. The summed E-state index contributed by atoms with van der Waals surface area (Å²) >= 11 is 0. The smallest absolute Gasteiger partial charge is 0.0431 e. The van der Waals surface area contributed by atoms with Crippen molar-refractivity contribution in [2.45, 2.75) is 6.37 Å². The van der Waals surface area contributed by atoms with Crippen LogP contribution in [0.15, 0.2) is 0 Å². The molecule has 0 fully saturated rings. The molecule has 0 spiro atoms. The monoisotopic (exact) mass is 108 g/mol. The molecule has 0 aliphatic heterocycles. The molecule has 0 aliphatic rings. The largest absolute Gasteiger partial charge is 0.330 e. The van der Waals surface area contributed by atoms with E-state index in [1.807, 2.05) is 0 Å². The van der Waals surface area contributed by atoms with Crippen molar-refractivity contribution in [3.05, 3.63) is 0 Å². The molecule has 2 nitrogen and oxygen atoms in total. The highest BCUT2D eigenvalue weighted by Crippen LogP contribution is 1.76. The highest BCUT2D eigenvalue weighted by atomic mass is 15.0. The molecule has 0 radical (unpaired) electrons. The summed E-state index contributed by atoms with van der Waals surface area (Å²) in [6.07, 6.45) is -2.77. The van der Waals surface area contributed by atoms with Crippen LogP contribution in [0.1, 0.15) is 14.6 Å². The van der Waals surface area contributed by atoms with E-state index in [4.69, 9.17) is 14.0 Å². The number of nitrogens with zero attached hydrogens (tertiary/aromatic N) is 1. The molecule has 0 unspecified atom stereocenters. The first-order valence-corrected chi connectivity index (χ1v) is 1.91. The topological polar surface area (TPSA) is 29.3 Å². The van der Waals surface area contributed by atoms with Crippen LogP contribution in [-0.4, -0.2) is 32.0 Å². The molecule has 0 saturated carbocycles. The van der Waals surface area contributed by atoms with Crippen molar-refractivity contribution in [3.63, 3.8) is 0 Å². The Balaban J connectivity index is 5.04. The van der Waals surface area contributed by atoms with Crippen LogP contribution in [0, 0.1) is 0 Å². The van der Waals surface area contributed by atoms with Gasteiger partial charge in [0, 0.05) is 8.22 Å². The van der Waals surface area contributed by atoms with Crippen LogP contribution in [0.2, 0.25) is 0 Å². The molecule has 0 aromatic rings. The summed E-state index contributed by atoms with van der Waals surface area (Å²) in [5, 5.41) is 0. The van der Waals surface area contributed by atoms with Gasteiger partial charge in [0.2, 0.25) is 0 Å². The Morgan fingerprint density at radius 2 is 2.29 bits per heavy atom. The molecule has 44 valence electrons. The molecule has 0 atom stereocenters. The summed E-state index contributed by atoms with van der Waals surface area (Å²) < 4.78 is 43.2. The Labute approximate surface area is 53.7 Å². The van der Waals surface area contributed by atoms with Crippen molar-refractivity contribution in [1.82, 2.24) is 4.90 Å². The first-order chi connectivity index (χ1) is 5.44. The summed E-state index contributed by atoms with van der Waals surface area (Å²) in [7, 11) is 2.65. The van der Waals surface area contributed by atoms with Gasteiger partial charge in [-0.1, -0.05) is 0 Å². The van der Waals surface area contributed by atoms with Crippen molar-refractivity contribution in [2.24, 2.45) is 5.73 Å². The minimum Gasteiger partial charge on any atom is -0.330 e. The zero-order valence-corrected chi connectivity index (χ0v) is 4.52. The molecule has 0 aliphatic carbocycles. The van der Waals surface area contributed by atoms with Gasteiger partial charge in [0.05, 0.1) is 0 Å². The lowest BCUT2D eigenvalue weighted by Gasteiger charge is -2.05. The van der Waals surface area contributed by atoms with Gasteiger partial charge in [-0.3, -0.25) is 0 Å². The predicted octanol–water partition coefficient (Wildman–Crippen LogP) is -0.103. The molecule has 0 saturated heterocycles. The molecule has 0 heterocycles. The van der Waals surface area contributed by atoms with E-state index in [-0.39, 0.29) is 0 Å². The van der Waals surface area contributed by atoms with Gasteiger partial charge < -0.3 is 10.6 Å². The van der Waals surface area contributed by atoms with Crippen molar-refractivity contribution in [3.8, 4) is 0 Å². The second-order valence-electron chi connectivity index (χ2n) is 1.28. The number of nitrogens with two attached hydrogens (primary N) is 1. The third kappa shape index (κ3) is 5.92. The standard InChI is InChI=1S/C5H14N2/c1-7(2)5-3-4-6/h3-6H2,1-2H3/i3D2,4D2,5D2. The van der Waals surface area contributed by atoms with E-state index in [0.29, 0.717) is 0 Å². The maximum atomic E-state index is 7.34. The summed E-state index contributed by atoms with van der Waals surface area (Å²) in [6, 6.07) is 0. The van der Waals surface area contributed by atoms with E-state index in [0.717, 1.165) is 4.90 Å². The minimum atomic E-state index is -2.77. The van der Waals surface area contributed by atoms with Gasteiger partial charge in [-0.05, 0) is 33.5 Å². The number of hydrogen-bond acceptors (Lipinski definition) is 2. The van der Waals surface area contributed by atoms with E-state index in [2.05, 4.69) is 0 Å². The molecule has 2 heteroatoms.